The molecular weight excluding hydrogens is 339 g/mol. The maximum atomic E-state index is 13.8. The number of hydrogen-bond acceptors (Lipinski definition) is 2. The van der Waals surface area contributed by atoms with E-state index in [1.54, 1.807) is 0 Å². The fourth-order valence-corrected chi connectivity index (χ4v) is 3.66. The average Bonchev–Trinajstić information content (AvgIpc) is 3.03. The van der Waals surface area contributed by atoms with Gasteiger partial charge >= 0.3 is 0 Å². The van der Waals surface area contributed by atoms with Crippen LogP contribution >= 0.6 is 0 Å². The summed E-state index contributed by atoms with van der Waals surface area (Å²) >= 11 is 0. The van der Waals surface area contributed by atoms with E-state index in [1.807, 2.05) is 24.4 Å². The molecule has 1 aliphatic rings. The third-order valence-electron chi connectivity index (χ3n) is 5.16. The number of rotatable bonds is 3. The van der Waals surface area contributed by atoms with Gasteiger partial charge in [-0.05, 0) is 56.6 Å². The predicted octanol–water partition coefficient (Wildman–Crippen LogP) is 5.14. The van der Waals surface area contributed by atoms with Gasteiger partial charge in [-0.2, -0.15) is 0 Å². The summed E-state index contributed by atoms with van der Waals surface area (Å²) in [6, 6.07) is 7.04. The number of aromatic nitrogens is 1. The number of nitrogens with one attached hydrogen (secondary N) is 2. The van der Waals surface area contributed by atoms with E-state index in [2.05, 4.69) is 22.2 Å². The lowest BCUT2D eigenvalue weighted by atomic mass is 9.89. The van der Waals surface area contributed by atoms with Gasteiger partial charge in [0.25, 0.3) is 0 Å². The van der Waals surface area contributed by atoms with Gasteiger partial charge in [0.1, 0.15) is 5.82 Å². The zero-order valence-corrected chi connectivity index (χ0v) is 14.5. The summed E-state index contributed by atoms with van der Waals surface area (Å²) in [5.74, 6) is -2.58. The molecule has 3 nitrogen and oxygen atoms in total. The van der Waals surface area contributed by atoms with Crippen LogP contribution in [0.1, 0.15) is 24.3 Å². The van der Waals surface area contributed by atoms with Crippen LogP contribution < -0.4 is 5.32 Å². The van der Waals surface area contributed by atoms with E-state index in [0.717, 1.165) is 42.9 Å². The zero-order chi connectivity index (χ0) is 18.3. The largest absolute Gasteiger partial charge is 0.361 e. The van der Waals surface area contributed by atoms with Crippen molar-refractivity contribution in [3.05, 3.63) is 59.5 Å². The van der Waals surface area contributed by atoms with E-state index in [0.29, 0.717) is 17.7 Å². The molecule has 2 heterocycles. The van der Waals surface area contributed by atoms with Crippen molar-refractivity contribution in [1.82, 2.24) is 9.88 Å². The van der Waals surface area contributed by atoms with Gasteiger partial charge in [-0.25, -0.2) is 13.2 Å². The lowest BCUT2D eigenvalue weighted by molar-refractivity contribution is 0.256. The number of fused-ring (bicyclic) bond motifs is 1. The normalized spacial score (nSPS) is 16.3. The van der Waals surface area contributed by atoms with E-state index in [9.17, 15) is 13.2 Å². The predicted molar refractivity (Wildman–Crippen MR) is 97.4 cm³/mol. The number of anilines is 2. The van der Waals surface area contributed by atoms with Crippen LogP contribution in [0.5, 0.6) is 0 Å². The Morgan fingerprint density at radius 3 is 2.50 bits per heavy atom. The molecule has 136 valence electrons. The Hall–Kier alpha value is -2.47. The van der Waals surface area contributed by atoms with Crippen molar-refractivity contribution in [2.45, 2.75) is 18.8 Å². The Kier molecular flexibility index (Phi) is 4.36. The summed E-state index contributed by atoms with van der Waals surface area (Å²) in [6.45, 7) is 2.18. The van der Waals surface area contributed by atoms with Gasteiger partial charge in [-0.15, -0.1) is 0 Å². The molecule has 1 fully saturated rings. The van der Waals surface area contributed by atoms with Gasteiger partial charge in [0.05, 0.1) is 5.69 Å². The Labute approximate surface area is 149 Å². The van der Waals surface area contributed by atoms with Crippen LogP contribution in [0.4, 0.5) is 24.5 Å². The van der Waals surface area contributed by atoms with Gasteiger partial charge < -0.3 is 15.2 Å². The maximum Gasteiger partial charge on any atom is 0.161 e. The molecule has 0 atom stereocenters. The number of aromatic amines is 1. The quantitative estimate of drug-likeness (QED) is 0.635. The summed E-state index contributed by atoms with van der Waals surface area (Å²) in [7, 11) is 2.14. The summed E-state index contributed by atoms with van der Waals surface area (Å²) in [6.07, 6.45) is 4.30. The number of H-pyrrole nitrogens is 1. The lowest BCUT2D eigenvalue weighted by Gasteiger charge is -2.28. The summed E-state index contributed by atoms with van der Waals surface area (Å²) in [4.78, 5) is 5.61. The minimum Gasteiger partial charge on any atom is -0.361 e. The first kappa shape index (κ1) is 17.0. The molecule has 26 heavy (non-hydrogen) atoms. The van der Waals surface area contributed by atoms with Crippen LogP contribution in [0.2, 0.25) is 0 Å². The minimum absolute atomic E-state index is 0.0923. The maximum absolute atomic E-state index is 13.8. The highest BCUT2D eigenvalue weighted by atomic mass is 19.2. The number of hydrogen-bond donors (Lipinski definition) is 2. The van der Waals surface area contributed by atoms with Crippen molar-refractivity contribution in [2.75, 3.05) is 25.5 Å². The Bertz CT molecular complexity index is 943. The first-order chi connectivity index (χ1) is 12.5. The van der Waals surface area contributed by atoms with Crippen LogP contribution in [-0.2, 0) is 0 Å². The number of halogens is 3. The van der Waals surface area contributed by atoms with Crippen LogP contribution in [0.25, 0.3) is 10.9 Å². The number of benzene rings is 2. The molecule has 2 aromatic carbocycles. The fraction of sp³-hybridized carbons (Fsp3) is 0.300. The molecule has 0 aliphatic carbocycles. The molecule has 0 amide bonds. The Morgan fingerprint density at radius 2 is 1.73 bits per heavy atom. The third-order valence-corrected chi connectivity index (χ3v) is 5.16. The van der Waals surface area contributed by atoms with E-state index in [4.69, 9.17) is 0 Å². The molecule has 1 saturated heterocycles. The number of nitrogens with zero attached hydrogens (tertiary/aromatic N) is 1. The van der Waals surface area contributed by atoms with Crippen molar-refractivity contribution < 1.29 is 13.2 Å². The first-order valence-corrected chi connectivity index (χ1v) is 8.72. The van der Waals surface area contributed by atoms with Gasteiger partial charge in [-0.1, -0.05) is 6.07 Å². The second-order valence-electron chi connectivity index (χ2n) is 6.95. The summed E-state index contributed by atoms with van der Waals surface area (Å²) in [5.41, 5.74) is 2.76. The summed E-state index contributed by atoms with van der Waals surface area (Å²) in [5, 5.41) is 3.97. The van der Waals surface area contributed by atoms with Crippen molar-refractivity contribution in [3.63, 3.8) is 0 Å². The van der Waals surface area contributed by atoms with Crippen LogP contribution in [-0.4, -0.2) is 30.0 Å². The molecule has 3 aromatic rings. The number of piperidine rings is 1. The number of likely N-dealkylation sites (tertiary alicyclic amines) is 1. The minimum atomic E-state index is -1.20. The molecule has 1 aliphatic heterocycles. The van der Waals surface area contributed by atoms with E-state index < -0.39 is 17.5 Å². The van der Waals surface area contributed by atoms with Crippen molar-refractivity contribution >= 4 is 22.3 Å². The zero-order valence-electron chi connectivity index (χ0n) is 14.5. The Balaban J connectivity index is 1.60. The molecule has 0 saturated carbocycles. The highest BCUT2D eigenvalue weighted by Crippen LogP contribution is 2.34. The molecule has 4 rings (SSSR count). The van der Waals surface area contributed by atoms with Crippen LogP contribution in [0.15, 0.2) is 36.5 Å². The van der Waals surface area contributed by atoms with Crippen LogP contribution in [0.3, 0.4) is 0 Å². The molecule has 0 bridgehead atoms. The monoisotopic (exact) mass is 359 g/mol. The molecular formula is C20H20F3N3. The smallest absolute Gasteiger partial charge is 0.161 e. The second kappa shape index (κ2) is 6.68. The van der Waals surface area contributed by atoms with Gasteiger partial charge in [-0.3, -0.25) is 0 Å². The fourth-order valence-electron chi connectivity index (χ4n) is 3.66. The van der Waals surface area contributed by atoms with Crippen molar-refractivity contribution in [2.24, 2.45) is 0 Å². The SMILES string of the molecule is CN1CCC(c2c[nH]c3cc(Nc4cc(F)c(F)cc4F)ccc23)CC1. The molecule has 0 unspecified atom stereocenters. The third kappa shape index (κ3) is 3.17. The van der Waals surface area contributed by atoms with Gasteiger partial charge in [0.15, 0.2) is 11.6 Å². The van der Waals surface area contributed by atoms with Crippen molar-refractivity contribution in [3.8, 4) is 0 Å². The topological polar surface area (TPSA) is 31.1 Å². The Morgan fingerprint density at radius 1 is 1.00 bits per heavy atom. The highest BCUT2D eigenvalue weighted by Gasteiger charge is 2.21. The van der Waals surface area contributed by atoms with E-state index >= 15 is 0 Å². The molecule has 0 radical (unpaired) electrons. The first-order valence-electron chi connectivity index (χ1n) is 8.72. The highest BCUT2D eigenvalue weighted by molar-refractivity contribution is 5.87. The average molecular weight is 359 g/mol. The molecule has 0 spiro atoms. The van der Waals surface area contributed by atoms with Crippen molar-refractivity contribution in [1.29, 1.82) is 0 Å². The van der Waals surface area contributed by atoms with Gasteiger partial charge in [0, 0.05) is 34.9 Å². The molecule has 1 aromatic heterocycles. The second-order valence-corrected chi connectivity index (χ2v) is 6.95. The van der Waals surface area contributed by atoms with Gasteiger partial charge in [0.2, 0.25) is 0 Å². The van der Waals surface area contributed by atoms with E-state index in [1.165, 1.54) is 5.56 Å². The standard InChI is InChI=1S/C20H20F3N3/c1-26-6-4-12(5-7-26)15-11-24-19-8-13(2-3-14(15)19)25-20-10-17(22)16(21)9-18(20)23/h2-3,8-12,24-25H,4-7H2,1H3. The van der Waals surface area contributed by atoms with Crippen LogP contribution in [0, 0.1) is 17.5 Å². The summed E-state index contributed by atoms with van der Waals surface area (Å²) < 4.78 is 40.2. The lowest BCUT2D eigenvalue weighted by Crippen LogP contribution is -2.29. The molecule has 6 heteroatoms. The van der Waals surface area contributed by atoms with E-state index in [-0.39, 0.29) is 5.69 Å². The molecule has 2 N–H and O–H groups in total.